The third-order valence-electron chi connectivity index (χ3n) is 12.2. The van der Waals surface area contributed by atoms with E-state index in [9.17, 15) is 13.2 Å². The minimum atomic E-state index is -3.62. The standard InChI is InChI=1S/C41H54ClFN4O4S/c1-27-34-21-31(41(34,2)3)22-36(27)44-40(48)37-17-18-52(49,50)47(37)24-30-14-10-13-29(19-30)23-46(26-33-35(42)15-16-38(51-6)39(33)43)32(25-45(4)5)20-28-11-8-7-9-12-28/h7-16,19,27,31-32,34,36-37H,17-18,20-26H2,1-6H3,(H,44,48)/t27-,31+,32-,34-,36-,37?/m0/s1. The van der Waals surface area contributed by atoms with E-state index in [1.54, 1.807) is 6.07 Å². The predicted molar refractivity (Wildman–Crippen MR) is 205 cm³/mol. The molecular formula is C41H54ClFN4O4S. The van der Waals surface area contributed by atoms with Gasteiger partial charge in [-0.1, -0.05) is 87.0 Å². The summed E-state index contributed by atoms with van der Waals surface area (Å²) in [4.78, 5) is 18.1. The van der Waals surface area contributed by atoms with Gasteiger partial charge >= 0.3 is 0 Å². The molecule has 1 saturated heterocycles. The Morgan fingerprint density at radius 3 is 2.42 bits per heavy atom. The van der Waals surface area contributed by atoms with Crippen molar-refractivity contribution in [1.82, 2.24) is 19.4 Å². The fourth-order valence-electron chi connectivity index (χ4n) is 9.06. The molecule has 3 aliphatic carbocycles. The Morgan fingerprint density at radius 2 is 1.75 bits per heavy atom. The maximum Gasteiger partial charge on any atom is 0.238 e. The van der Waals surface area contributed by atoms with Gasteiger partial charge in [0.15, 0.2) is 11.6 Å². The molecule has 7 rings (SSSR count). The van der Waals surface area contributed by atoms with Crippen molar-refractivity contribution < 1.29 is 22.3 Å². The number of carbonyl (C=O) groups is 1. The van der Waals surface area contributed by atoms with Crippen molar-refractivity contribution in [2.45, 2.75) is 84.2 Å². The van der Waals surface area contributed by atoms with E-state index >= 15 is 4.39 Å². The van der Waals surface area contributed by atoms with Crippen LogP contribution in [-0.2, 0) is 40.9 Å². The van der Waals surface area contributed by atoms with Crippen LogP contribution in [0.3, 0.4) is 0 Å². The summed E-state index contributed by atoms with van der Waals surface area (Å²) in [5.41, 5.74) is 3.57. The van der Waals surface area contributed by atoms with Crippen LogP contribution in [0.15, 0.2) is 66.7 Å². The van der Waals surface area contributed by atoms with Crippen molar-refractivity contribution in [3.05, 3.63) is 99.8 Å². The number of hydrogen-bond acceptors (Lipinski definition) is 6. The molecule has 282 valence electrons. The number of nitrogens with one attached hydrogen (secondary N) is 1. The molecular weight excluding hydrogens is 699 g/mol. The summed E-state index contributed by atoms with van der Waals surface area (Å²) in [5.74, 6) is 0.935. The second kappa shape index (κ2) is 15.8. The second-order valence-electron chi connectivity index (χ2n) is 16.1. The molecule has 52 heavy (non-hydrogen) atoms. The first-order valence-corrected chi connectivity index (χ1v) is 20.5. The molecule has 0 spiro atoms. The van der Waals surface area contributed by atoms with Crippen LogP contribution >= 0.6 is 11.6 Å². The largest absolute Gasteiger partial charge is 0.494 e. The number of ether oxygens (including phenoxy) is 1. The predicted octanol–water partition coefficient (Wildman–Crippen LogP) is 6.75. The number of fused-ring (bicyclic) bond motifs is 2. The number of carbonyl (C=O) groups excluding carboxylic acids is 1. The number of rotatable bonds is 14. The molecule has 1 amide bonds. The summed E-state index contributed by atoms with van der Waals surface area (Å²) in [6.45, 7) is 8.39. The maximum atomic E-state index is 15.7. The quantitative estimate of drug-likeness (QED) is 0.196. The number of benzene rings is 3. The van der Waals surface area contributed by atoms with Crippen LogP contribution in [0.4, 0.5) is 4.39 Å². The normalized spacial score (nSPS) is 25.5. The summed E-state index contributed by atoms with van der Waals surface area (Å²) in [6.07, 6.45) is 3.16. The summed E-state index contributed by atoms with van der Waals surface area (Å²) in [5, 5.41) is 3.61. The van der Waals surface area contributed by atoms with Crippen molar-refractivity contribution in [3.63, 3.8) is 0 Å². The van der Waals surface area contributed by atoms with Gasteiger partial charge < -0.3 is 15.0 Å². The summed E-state index contributed by atoms with van der Waals surface area (Å²) >= 11 is 6.63. The van der Waals surface area contributed by atoms with Crippen LogP contribution in [-0.4, -0.2) is 80.1 Å². The average molecular weight is 753 g/mol. The summed E-state index contributed by atoms with van der Waals surface area (Å²) in [7, 11) is 1.87. The zero-order valence-electron chi connectivity index (χ0n) is 31.3. The first-order chi connectivity index (χ1) is 24.7. The zero-order chi connectivity index (χ0) is 37.4. The third kappa shape index (κ3) is 8.21. The maximum absolute atomic E-state index is 15.7. The SMILES string of the molecule is COc1ccc(Cl)c(CN(Cc2cccc(CN3C(C(=O)N[C@H]4C[C@H]5C[C@@H]([C@@H]4C)C5(C)C)CCS3(=O)=O)c2)[C@@H](Cc2ccccc2)CN(C)C)c1F. The topological polar surface area (TPSA) is 82.2 Å². The van der Waals surface area contributed by atoms with Crippen molar-refractivity contribution in [2.24, 2.45) is 23.2 Å². The fourth-order valence-corrected chi connectivity index (χ4v) is 11.0. The second-order valence-corrected chi connectivity index (χ2v) is 18.6. The van der Waals surface area contributed by atoms with Crippen molar-refractivity contribution in [3.8, 4) is 5.75 Å². The molecule has 1 heterocycles. The van der Waals surface area contributed by atoms with Gasteiger partial charge in [-0.2, -0.15) is 4.31 Å². The molecule has 6 atom stereocenters. The van der Waals surface area contributed by atoms with Gasteiger partial charge in [0.2, 0.25) is 15.9 Å². The van der Waals surface area contributed by atoms with E-state index in [2.05, 4.69) is 48.0 Å². The lowest BCUT2D eigenvalue weighted by molar-refractivity contribution is -0.136. The molecule has 4 aliphatic rings. The molecule has 3 saturated carbocycles. The van der Waals surface area contributed by atoms with E-state index in [0.717, 1.165) is 29.5 Å². The number of amides is 1. The Morgan fingerprint density at radius 1 is 1.04 bits per heavy atom. The van der Waals surface area contributed by atoms with Gasteiger partial charge in [-0.05, 0) is 91.8 Å². The van der Waals surface area contributed by atoms with Gasteiger partial charge in [0.1, 0.15) is 6.04 Å². The zero-order valence-corrected chi connectivity index (χ0v) is 32.9. The van der Waals surface area contributed by atoms with Crippen LogP contribution in [0.25, 0.3) is 0 Å². The van der Waals surface area contributed by atoms with E-state index in [0.29, 0.717) is 46.8 Å². The highest BCUT2D eigenvalue weighted by atomic mass is 35.5. The van der Waals surface area contributed by atoms with Crippen molar-refractivity contribution in [1.29, 1.82) is 0 Å². The van der Waals surface area contributed by atoms with Crippen LogP contribution in [0, 0.1) is 29.0 Å². The van der Waals surface area contributed by atoms with E-state index < -0.39 is 21.9 Å². The van der Waals surface area contributed by atoms with Gasteiger partial charge in [0, 0.05) is 48.8 Å². The first-order valence-electron chi connectivity index (χ1n) is 18.5. The van der Waals surface area contributed by atoms with E-state index in [4.69, 9.17) is 16.3 Å². The smallest absolute Gasteiger partial charge is 0.238 e. The van der Waals surface area contributed by atoms with Gasteiger partial charge in [-0.25, -0.2) is 12.8 Å². The first kappa shape index (κ1) is 38.7. The number of methoxy groups -OCH3 is 1. The molecule has 1 N–H and O–H groups in total. The molecule has 8 nitrogen and oxygen atoms in total. The average Bonchev–Trinajstić information content (AvgIpc) is 3.40. The minimum absolute atomic E-state index is 0.0199. The number of sulfonamides is 1. The lowest BCUT2D eigenvalue weighted by Crippen LogP contribution is -2.61. The Bertz CT molecular complexity index is 1840. The monoisotopic (exact) mass is 752 g/mol. The molecule has 0 aromatic heterocycles. The van der Waals surface area contributed by atoms with Crippen molar-refractivity contribution >= 4 is 27.5 Å². The fraction of sp³-hybridized carbons (Fsp3) is 0.537. The molecule has 2 bridgehead atoms. The van der Waals surface area contributed by atoms with E-state index in [1.807, 2.05) is 56.6 Å². The van der Waals surface area contributed by atoms with E-state index in [-0.39, 0.29) is 49.0 Å². The summed E-state index contributed by atoms with van der Waals surface area (Å²) < 4.78 is 49.2. The number of nitrogens with zero attached hydrogens (tertiary/aromatic N) is 3. The van der Waals surface area contributed by atoms with Gasteiger partial charge in [0.05, 0.1) is 12.9 Å². The molecule has 1 aliphatic heterocycles. The Labute approximate surface area is 314 Å². The Hall–Kier alpha value is -3.02. The number of halogens is 2. The Balaban J connectivity index is 1.24. The molecule has 3 aromatic carbocycles. The highest BCUT2D eigenvalue weighted by Gasteiger charge is 2.56. The van der Waals surface area contributed by atoms with Crippen LogP contribution in [0.2, 0.25) is 5.02 Å². The van der Waals surface area contributed by atoms with Gasteiger partial charge in [-0.3, -0.25) is 9.69 Å². The molecule has 0 radical (unpaired) electrons. The number of hydrogen-bond donors (Lipinski definition) is 1. The molecule has 3 aromatic rings. The van der Waals surface area contributed by atoms with Crippen LogP contribution in [0.5, 0.6) is 5.75 Å². The third-order valence-corrected chi connectivity index (χ3v) is 14.4. The van der Waals surface area contributed by atoms with Crippen LogP contribution < -0.4 is 10.1 Å². The van der Waals surface area contributed by atoms with Gasteiger partial charge in [-0.15, -0.1) is 0 Å². The van der Waals surface area contributed by atoms with Crippen molar-refractivity contribution in [2.75, 3.05) is 33.5 Å². The van der Waals surface area contributed by atoms with Crippen LogP contribution in [0.1, 0.15) is 62.3 Å². The van der Waals surface area contributed by atoms with Gasteiger partial charge in [0.25, 0.3) is 0 Å². The minimum Gasteiger partial charge on any atom is -0.494 e. The highest BCUT2D eigenvalue weighted by molar-refractivity contribution is 7.89. The molecule has 1 unspecified atom stereocenters. The van der Waals surface area contributed by atoms with E-state index in [1.165, 1.54) is 23.9 Å². The molecule has 4 fully saturated rings. The molecule has 11 heteroatoms. The summed E-state index contributed by atoms with van der Waals surface area (Å²) in [6, 6.07) is 20.6. The lowest BCUT2D eigenvalue weighted by Gasteiger charge is -2.62. The Kier molecular flexibility index (Phi) is 11.7. The lowest BCUT2D eigenvalue weighted by atomic mass is 9.45. The highest BCUT2D eigenvalue weighted by Crippen LogP contribution is 2.61. The number of likely N-dealkylation sites (N-methyl/N-ethyl adjacent to an activating group) is 1.